The number of hydrogen-bond donors (Lipinski definition) is 1. The van der Waals surface area contributed by atoms with Crippen LogP contribution < -0.4 is 4.74 Å². The SMILES string of the molecule is CC(O)C1CCN(C(=O)/C=C/c2ccc(OC(F)F)cc2)CC1. The number of aliphatic hydroxyl groups excluding tert-OH is 1. The fraction of sp³-hybridized carbons (Fsp3) is 0.471. The minimum atomic E-state index is -2.84. The first-order valence-electron chi connectivity index (χ1n) is 7.65. The summed E-state index contributed by atoms with van der Waals surface area (Å²) in [5, 5.41) is 9.56. The average Bonchev–Trinajstić information content (AvgIpc) is 2.53. The molecule has 0 bridgehead atoms. The van der Waals surface area contributed by atoms with E-state index >= 15 is 0 Å². The maximum Gasteiger partial charge on any atom is 0.387 e. The van der Waals surface area contributed by atoms with Gasteiger partial charge in [-0.2, -0.15) is 8.78 Å². The Hall–Kier alpha value is -1.95. The number of nitrogens with zero attached hydrogens (tertiary/aromatic N) is 1. The first kappa shape index (κ1) is 17.4. The van der Waals surface area contributed by atoms with Gasteiger partial charge >= 0.3 is 6.61 Å². The van der Waals surface area contributed by atoms with Crippen molar-refractivity contribution in [3.63, 3.8) is 0 Å². The largest absolute Gasteiger partial charge is 0.435 e. The molecule has 1 aromatic carbocycles. The summed E-state index contributed by atoms with van der Waals surface area (Å²) in [6, 6.07) is 6.09. The minimum absolute atomic E-state index is 0.0815. The highest BCUT2D eigenvalue weighted by molar-refractivity contribution is 5.91. The molecule has 1 aromatic rings. The third kappa shape index (κ3) is 5.32. The van der Waals surface area contributed by atoms with Gasteiger partial charge in [0.2, 0.25) is 5.91 Å². The molecule has 1 atom stereocenters. The zero-order valence-electron chi connectivity index (χ0n) is 13.0. The van der Waals surface area contributed by atoms with Gasteiger partial charge in [0, 0.05) is 19.2 Å². The van der Waals surface area contributed by atoms with E-state index in [0.29, 0.717) is 13.1 Å². The second kappa shape index (κ2) is 8.06. The van der Waals surface area contributed by atoms with Gasteiger partial charge in [-0.15, -0.1) is 0 Å². The molecule has 1 amide bonds. The molecule has 1 N–H and O–H groups in total. The number of benzene rings is 1. The highest BCUT2D eigenvalue weighted by atomic mass is 19.3. The lowest BCUT2D eigenvalue weighted by molar-refractivity contribution is -0.127. The van der Waals surface area contributed by atoms with Gasteiger partial charge in [-0.3, -0.25) is 4.79 Å². The number of piperidine rings is 1. The molecule has 1 aliphatic heterocycles. The molecule has 0 saturated carbocycles. The van der Waals surface area contributed by atoms with Crippen molar-refractivity contribution < 1.29 is 23.4 Å². The second-order valence-corrected chi connectivity index (χ2v) is 5.68. The quantitative estimate of drug-likeness (QED) is 0.847. The van der Waals surface area contributed by atoms with Crippen LogP contribution in [0, 0.1) is 5.92 Å². The number of rotatable bonds is 5. The van der Waals surface area contributed by atoms with Crippen molar-refractivity contribution >= 4 is 12.0 Å². The molecule has 1 fully saturated rings. The molecular formula is C17H21F2NO3. The standard InChI is InChI=1S/C17H21F2NO3/c1-12(21)14-8-10-20(11-9-14)16(22)7-4-13-2-5-15(6-3-13)23-17(18)19/h2-7,12,14,17,21H,8-11H2,1H3/b7-4+. The van der Waals surface area contributed by atoms with Crippen LogP contribution in [-0.2, 0) is 4.79 Å². The third-order valence-corrected chi connectivity index (χ3v) is 4.06. The minimum Gasteiger partial charge on any atom is -0.435 e. The van der Waals surface area contributed by atoms with Crippen molar-refractivity contribution in [2.75, 3.05) is 13.1 Å². The van der Waals surface area contributed by atoms with Crippen LogP contribution in [0.4, 0.5) is 8.78 Å². The van der Waals surface area contributed by atoms with E-state index in [0.717, 1.165) is 18.4 Å². The van der Waals surface area contributed by atoms with E-state index in [1.54, 1.807) is 30.0 Å². The number of alkyl halides is 2. The van der Waals surface area contributed by atoms with Crippen LogP contribution in [-0.4, -0.2) is 41.7 Å². The number of likely N-dealkylation sites (tertiary alicyclic amines) is 1. The van der Waals surface area contributed by atoms with Gasteiger partial charge in [0.1, 0.15) is 5.75 Å². The van der Waals surface area contributed by atoms with Crippen molar-refractivity contribution in [1.82, 2.24) is 4.90 Å². The summed E-state index contributed by atoms with van der Waals surface area (Å²) in [5.74, 6) is 0.260. The Labute approximate surface area is 134 Å². The van der Waals surface area contributed by atoms with E-state index in [1.165, 1.54) is 18.2 Å². The lowest BCUT2D eigenvalue weighted by atomic mass is 9.92. The Morgan fingerprint density at radius 2 is 1.91 bits per heavy atom. The molecule has 126 valence electrons. The number of ether oxygens (including phenoxy) is 1. The van der Waals surface area contributed by atoms with Crippen LogP contribution in [0.25, 0.3) is 6.08 Å². The van der Waals surface area contributed by atoms with Gasteiger partial charge in [0.05, 0.1) is 6.10 Å². The topological polar surface area (TPSA) is 49.8 Å². The first-order chi connectivity index (χ1) is 11.0. The Kier molecular flexibility index (Phi) is 6.10. The van der Waals surface area contributed by atoms with Gasteiger partial charge in [-0.25, -0.2) is 0 Å². The summed E-state index contributed by atoms with van der Waals surface area (Å²) in [6.07, 6.45) is 4.39. The van der Waals surface area contributed by atoms with E-state index in [2.05, 4.69) is 4.74 Å². The van der Waals surface area contributed by atoms with Crippen LogP contribution in [0.15, 0.2) is 30.3 Å². The monoisotopic (exact) mass is 325 g/mol. The Bertz CT molecular complexity index is 535. The molecule has 0 spiro atoms. The normalized spacial score (nSPS) is 17.7. The Morgan fingerprint density at radius 1 is 1.30 bits per heavy atom. The maximum absolute atomic E-state index is 12.1. The van der Waals surface area contributed by atoms with Crippen molar-refractivity contribution in [3.05, 3.63) is 35.9 Å². The smallest absolute Gasteiger partial charge is 0.387 e. The Morgan fingerprint density at radius 3 is 2.43 bits per heavy atom. The molecule has 1 heterocycles. The fourth-order valence-electron chi connectivity index (χ4n) is 2.64. The van der Waals surface area contributed by atoms with Crippen molar-refractivity contribution in [2.45, 2.75) is 32.5 Å². The third-order valence-electron chi connectivity index (χ3n) is 4.06. The summed E-state index contributed by atoms with van der Waals surface area (Å²) in [7, 11) is 0. The molecule has 0 aromatic heterocycles. The van der Waals surface area contributed by atoms with Crippen molar-refractivity contribution in [2.24, 2.45) is 5.92 Å². The fourth-order valence-corrected chi connectivity index (χ4v) is 2.64. The molecule has 4 nitrogen and oxygen atoms in total. The predicted octanol–water partition coefficient (Wildman–Crippen LogP) is 2.92. The zero-order valence-corrected chi connectivity index (χ0v) is 13.0. The number of carbonyl (C=O) groups excluding carboxylic acids is 1. The van der Waals surface area contributed by atoms with Gasteiger partial charge < -0.3 is 14.7 Å². The summed E-state index contributed by atoms with van der Waals surface area (Å²) < 4.78 is 28.4. The molecule has 1 unspecified atom stereocenters. The summed E-state index contributed by atoms with van der Waals surface area (Å²) in [6.45, 7) is 0.214. The average molecular weight is 325 g/mol. The molecule has 23 heavy (non-hydrogen) atoms. The van der Waals surface area contributed by atoms with Gasteiger partial charge in [-0.1, -0.05) is 12.1 Å². The zero-order chi connectivity index (χ0) is 16.8. The molecule has 1 aliphatic rings. The van der Waals surface area contributed by atoms with Crippen LogP contribution in [0.1, 0.15) is 25.3 Å². The van der Waals surface area contributed by atoms with E-state index in [1.807, 2.05) is 0 Å². The van der Waals surface area contributed by atoms with E-state index in [9.17, 15) is 18.7 Å². The van der Waals surface area contributed by atoms with E-state index < -0.39 is 6.61 Å². The van der Waals surface area contributed by atoms with E-state index in [-0.39, 0.29) is 23.7 Å². The number of amides is 1. The lowest BCUT2D eigenvalue weighted by Crippen LogP contribution is -2.39. The highest BCUT2D eigenvalue weighted by Crippen LogP contribution is 2.21. The van der Waals surface area contributed by atoms with Crippen LogP contribution >= 0.6 is 0 Å². The first-order valence-corrected chi connectivity index (χ1v) is 7.65. The summed E-state index contributed by atoms with van der Waals surface area (Å²) >= 11 is 0. The number of carbonyl (C=O) groups is 1. The molecule has 1 saturated heterocycles. The molecule has 0 aliphatic carbocycles. The molecule has 2 rings (SSSR count). The van der Waals surface area contributed by atoms with Crippen molar-refractivity contribution in [1.29, 1.82) is 0 Å². The highest BCUT2D eigenvalue weighted by Gasteiger charge is 2.24. The van der Waals surface area contributed by atoms with Crippen LogP contribution in [0.5, 0.6) is 5.75 Å². The van der Waals surface area contributed by atoms with Gasteiger partial charge in [0.15, 0.2) is 0 Å². The van der Waals surface area contributed by atoms with Gasteiger partial charge in [0.25, 0.3) is 0 Å². The lowest BCUT2D eigenvalue weighted by Gasteiger charge is -2.32. The molecular weight excluding hydrogens is 304 g/mol. The number of hydrogen-bond acceptors (Lipinski definition) is 3. The van der Waals surface area contributed by atoms with Gasteiger partial charge in [-0.05, 0) is 49.5 Å². The van der Waals surface area contributed by atoms with Crippen LogP contribution in [0.2, 0.25) is 0 Å². The number of halogens is 2. The number of aliphatic hydroxyl groups is 1. The maximum atomic E-state index is 12.1. The predicted molar refractivity (Wildman–Crippen MR) is 83.1 cm³/mol. The summed E-state index contributed by atoms with van der Waals surface area (Å²) in [5.41, 5.74) is 0.735. The summed E-state index contributed by atoms with van der Waals surface area (Å²) in [4.78, 5) is 13.9. The Balaban J connectivity index is 1.86. The van der Waals surface area contributed by atoms with Crippen molar-refractivity contribution in [3.8, 4) is 5.75 Å². The second-order valence-electron chi connectivity index (χ2n) is 5.68. The van der Waals surface area contributed by atoms with Crippen LogP contribution in [0.3, 0.4) is 0 Å². The molecule has 0 radical (unpaired) electrons. The van der Waals surface area contributed by atoms with E-state index in [4.69, 9.17) is 0 Å². The molecule has 6 heteroatoms.